The number of hydrogen-bond acceptors (Lipinski definition) is 2. The monoisotopic (exact) mass is 275 g/mol. The zero-order valence-corrected chi connectivity index (χ0v) is 12.0. The van der Waals surface area contributed by atoms with E-state index in [2.05, 4.69) is 24.3 Å². The van der Waals surface area contributed by atoms with Gasteiger partial charge in [-0.1, -0.05) is 60.7 Å². The van der Waals surface area contributed by atoms with E-state index >= 15 is 0 Å². The van der Waals surface area contributed by atoms with Crippen LogP contribution in [0.5, 0.6) is 5.75 Å². The van der Waals surface area contributed by atoms with Crippen LogP contribution in [-0.2, 0) is 0 Å². The summed E-state index contributed by atoms with van der Waals surface area (Å²) in [5.41, 5.74) is 4.05. The topological polar surface area (TPSA) is 22.1 Å². The highest BCUT2D eigenvalue weighted by atomic mass is 16.5. The Morgan fingerprint density at radius 3 is 1.67 bits per heavy atom. The van der Waals surface area contributed by atoms with Crippen molar-refractivity contribution in [2.45, 2.75) is 6.92 Å². The summed E-state index contributed by atoms with van der Waals surface area (Å²) < 4.78 is 5.69. The standard InChI is InChI=1S/C19H17NO/c1-2-21-17-13-18(15-9-5-3-6-10-15)20-19(14-17)16-11-7-4-8-12-16/h3-14H,2H2,1H3. The SMILES string of the molecule is CCOc1cc(-c2ccccc2)nc(-c2ccccc2)c1. The maximum Gasteiger partial charge on any atom is 0.123 e. The van der Waals surface area contributed by atoms with Gasteiger partial charge in [-0.3, -0.25) is 0 Å². The summed E-state index contributed by atoms with van der Waals surface area (Å²) >= 11 is 0. The third-order valence-electron chi connectivity index (χ3n) is 3.25. The zero-order chi connectivity index (χ0) is 14.5. The molecule has 0 fully saturated rings. The molecular formula is C19H17NO. The van der Waals surface area contributed by atoms with Crippen molar-refractivity contribution in [3.63, 3.8) is 0 Å². The Morgan fingerprint density at radius 2 is 1.24 bits per heavy atom. The molecular weight excluding hydrogens is 258 g/mol. The first-order chi connectivity index (χ1) is 10.4. The van der Waals surface area contributed by atoms with Gasteiger partial charge >= 0.3 is 0 Å². The van der Waals surface area contributed by atoms with Crippen LogP contribution in [0.25, 0.3) is 22.5 Å². The van der Waals surface area contributed by atoms with Crippen molar-refractivity contribution < 1.29 is 4.74 Å². The number of ether oxygens (including phenoxy) is 1. The van der Waals surface area contributed by atoms with Crippen molar-refractivity contribution >= 4 is 0 Å². The molecule has 0 unspecified atom stereocenters. The Morgan fingerprint density at radius 1 is 0.762 bits per heavy atom. The Hall–Kier alpha value is -2.61. The lowest BCUT2D eigenvalue weighted by Gasteiger charge is -2.10. The zero-order valence-electron chi connectivity index (χ0n) is 12.0. The average molecular weight is 275 g/mol. The van der Waals surface area contributed by atoms with E-state index in [1.165, 1.54) is 0 Å². The van der Waals surface area contributed by atoms with Crippen molar-refractivity contribution in [2.24, 2.45) is 0 Å². The molecule has 104 valence electrons. The maximum absolute atomic E-state index is 5.69. The molecule has 1 heterocycles. The fourth-order valence-corrected chi connectivity index (χ4v) is 2.27. The Bertz CT molecular complexity index is 650. The summed E-state index contributed by atoms with van der Waals surface area (Å²) in [6, 6.07) is 24.3. The molecule has 1 aromatic heterocycles. The lowest BCUT2D eigenvalue weighted by atomic mass is 10.1. The summed E-state index contributed by atoms with van der Waals surface area (Å²) in [6.45, 7) is 2.64. The van der Waals surface area contributed by atoms with E-state index in [9.17, 15) is 0 Å². The molecule has 0 aliphatic heterocycles. The lowest BCUT2D eigenvalue weighted by Crippen LogP contribution is -1.95. The fraction of sp³-hybridized carbons (Fsp3) is 0.105. The minimum Gasteiger partial charge on any atom is -0.494 e. The molecule has 0 spiro atoms. The number of aromatic nitrogens is 1. The van der Waals surface area contributed by atoms with E-state index in [0.717, 1.165) is 28.3 Å². The summed E-state index contributed by atoms with van der Waals surface area (Å²) in [7, 11) is 0. The highest BCUT2D eigenvalue weighted by Crippen LogP contribution is 2.28. The highest BCUT2D eigenvalue weighted by Gasteiger charge is 2.07. The van der Waals surface area contributed by atoms with Crippen LogP contribution in [0.3, 0.4) is 0 Å². The molecule has 0 N–H and O–H groups in total. The minimum atomic E-state index is 0.645. The van der Waals surface area contributed by atoms with Gasteiger partial charge in [0.15, 0.2) is 0 Å². The molecule has 2 aromatic carbocycles. The maximum atomic E-state index is 5.69. The molecule has 3 rings (SSSR count). The summed E-state index contributed by atoms with van der Waals surface area (Å²) in [4.78, 5) is 4.78. The molecule has 21 heavy (non-hydrogen) atoms. The third kappa shape index (κ3) is 3.11. The van der Waals surface area contributed by atoms with Crippen LogP contribution in [-0.4, -0.2) is 11.6 Å². The van der Waals surface area contributed by atoms with E-state index in [1.54, 1.807) is 0 Å². The largest absolute Gasteiger partial charge is 0.494 e. The predicted octanol–water partition coefficient (Wildman–Crippen LogP) is 4.81. The molecule has 3 aromatic rings. The van der Waals surface area contributed by atoms with Gasteiger partial charge in [0.1, 0.15) is 5.75 Å². The molecule has 0 atom stereocenters. The van der Waals surface area contributed by atoms with E-state index in [0.29, 0.717) is 6.61 Å². The van der Waals surface area contributed by atoms with Gasteiger partial charge in [0, 0.05) is 23.3 Å². The van der Waals surface area contributed by atoms with Crippen molar-refractivity contribution in [1.82, 2.24) is 4.98 Å². The van der Waals surface area contributed by atoms with Crippen molar-refractivity contribution in [3.8, 4) is 28.3 Å². The fourth-order valence-electron chi connectivity index (χ4n) is 2.27. The van der Waals surface area contributed by atoms with Crippen LogP contribution in [0, 0.1) is 0 Å². The average Bonchev–Trinajstić information content (AvgIpc) is 2.56. The number of hydrogen-bond donors (Lipinski definition) is 0. The van der Waals surface area contributed by atoms with Crippen molar-refractivity contribution in [3.05, 3.63) is 72.8 Å². The lowest BCUT2D eigenvalue weighted by molar-refractivity contribution is 0.340. The first-order valence-corrected chi connectivity index (χ1v) is 7.12. The van der Waals surface area contributed by atoms with E-state index in [1.807, 2.05) is 55.5 Å². The van der Waals surface area contributed by atoms with E-state index in [-0.39, 0.29) is 0 Å². The molecule has 0 saturated carbocycles. The van der Waals surface area contributed by atoms with Gasteiger partial charge in [-0.2, -0.15) is 0 Å². The van der Waals surface area contributed by atoms with Crippen LogP contribution in [0.1, 0.15) is 6.92 Å². The Kier molecular flexibility index (Phi) is 3.97. The quantitative estimate of drug-likeness (QED) is 0.681. The molecule has 0 saturated heterocycles. The molecule has 0 amide bonds. The summed E-state index contributed by atoms with van der Waals surface area (Å²) in [5.74, 6) is 0.852. The smallest absolute Gasteiger partial charge is 0.123 e. The van der Waals surface area contributed by atoms with Crippen molar-refractivity contribution in [1.29, 1.82) is 0 Å². The summed E-state index contributed by atoms with van der Waals surface area (Å²) in [6.07, 6.45) is 0. The van der Waals surface area contributed by atoms with Crippen LogP contribution in [0.15, 0.2) is 72.8 Å². The van der Waals surface area contributed by atoms with E-state index < -0.39 is 0 Å². The Labute approximate surface area is 125 Å². The normalized spacial score (nSPS) is 10.3. The highest BCUT2D eigenvalue weighted by molar-refractivity contribution is 5.68. The van der Waals surface area contributed by atoms with Gasteiger partial charge in [-0.05, 0) is 6.92 Å². The van der Waals surface area contributed by atoms with Crippen LogP contribution in [0.4, 0.5) is 0 Å². The number of nitrogens with zero attached hydrogens (tertiary/aromatic N) is 1. The van der Waals surface area contributed by atoms with Crippen LogP contribution < -0.4 is 4.74 Å². The van der Waals surface area contributed by atoms with Gasteiger partial charge in [-0.25, -0.2) is 4.98 Å². The number of benzene rings is 2. The van der Waals surface area contributed by atoms with Crippen molar-refractivity contribution in [2.75, 3.05) is 6.61 Å². The second kappa shape index (κ2) is 6.23. The molecule has 0 aliphatic carbocycles. The van der Waals surface area contributed by atoms with Gasteiger partial charge in [0.25, 0.3) is 0 Å². The second-order valence-corrected chi connectivity index (χ2v) is 4.74. The first kappa shape index (κ1) is 13.4. The second-order valence-electron chi connectivity index (χ2n) is 4.74. The van der Waals surface area contributed by atoms with Crippen LogP contribution >= 0.6 is 0 Å². The van der Waals surface area contributed by atoms with Gasteiger partial charge in [0.2, 0.25) is 0 Å². The van der Waals surface area contributed by atoms with Crippen LogP contribution in [0.2, 0.25) is 0 Å². The minimum absolute atomic E-state index is 0.645. The third-order valence-corrected chi connectivity index (χ3v) is 3.25. The predicted molar refractivity (Wildman–Crippen MR) is 86.3 cm³/mol. The van der Waals surface area contributed by atoms with Gasteiger partial charge in [0.05, 0.1) is 18.0 Å². The van der Waals surface area contributed by atoms with Gasteiger partial charge < -0.3 is 4.74 Å². The number of rotatable bonds is 4. The summed E-state index contributed by atoms with van der Waals surface area (Å²) in [5, 5.41) is 0. The first-order valence-electron chi connectivity index (χ1n) is 7.12. The van der Waals surface area contributed by atoms with Gasteiger partial charge in [-0.15, -0.1) is 0 Å². The Balaban J connectivity index is 2.11. The van der Waals surface area contributed by atoms with E-state index in [4.69, 9.17) is 9.72 Å². The molecule has 0 bridgehead atoms. The molecule has 0 radical (unpaired) electrons. The molecule has 0 aliphatic rings. The molecule has 2 nitrogen and oxygen atoms in total. The molecule has 2 heteroatoms. The number of pyridine rings is 1.